The van der Waals surface area contributed by atoms with Crippen molar-refractivity contribution >= 4 is 43.0 Å². The van der Waals surface area contributed by atoms with E-state index in [4.69, 9.17) is 9.72 Å². The minimum atomic E-state index is -0.717. The molecule has 3 heterocycles. The number of ether oxygens (including phenoxy) is 1. The van der Waals surface area contributed by atoms with Crippen LogP contribution < -0.4 is 10.3 Å². The van der Waals surface area contributed by atoms with Crippen LogP contribution in [0, 0.1) is 5.82 Å². The van der Waals surface area contributed by atoms with Crippen LogP contribution >= 0.6 is 22.7 Å². The second-order valence-electron chi connectivity index (χ2n) is 8.08. The SMILES string of the molecule is COc1ccc(-c2nc3sc4c(O)c(F)ccc4c3c(=O)n2Cc2cncs2)c(C2CC2)c1. The summed E-state index contributed by atoms with van der Waals surface area (Å²) in [5, 5.41) is 11.2. The summed E-state index contributed by atoms with van der Waals surface area (Å²) in [6.45, 7) is 0.322. The lowest BCUT2D eigenvalue weighted by Crippen LogP contribution is -2.23. The second kappa shape index (κ2) is 7.64. The molecule has 1 N–H and O–H groups in total. The van der Waals surface area contributed by atoms with Gasteiger partial charge in [0.25, 0.3) is 5.56 Å². The number of hydrogen-bond donors (Lipinski definition) is 1. The molecule has 0 amide bonds. The zero-order valence-corrected chi connectivity index (χ0v) is 19.2. The Morgan fingerprint density at radius 2 is 2.12 bits per heavy atom. The molecule has 6 rings (SSSR count). The molecule has 1 aliphatic carbocycles. The quantitative estimate of drug-likeness (QED) is 0.360. The molecule has 0 saturated heterocycles. The van der Waals surface area contributed by atoms with Gasteiger partial charge in [0.15, 0.2) is 11.6 Å². The molecule has 0 radical (unpaired) electrons. The van der Waals surface area contributed by atoms with E-state index in [1.54, 1.807) is 23.4 Å². The van der Waals surface area contributed by atoms with Gasteiger partial charge >= 0.3 is 0 Å². The highest BCUT2D eigenvalue weighted by molar-refractivity contribution is 7.25. The number of benzene rings is 2. The normalized spacial score (nSPS) is 13.8. The lowest BCUT2D eigenvalue weighted by molar-refractivity contribution is 0.414. The second-order valence-corrected chi connectivity index (χ2v) is 10.0. The van der Waals surface area contributed by atoms with Crippen molar-refractivity contribution in [2.75, 3.05) is 7.11 Å². The number of phenolic OH excluding ortho intramolecular Hbond substituents is 1. The lowest BCUT2D eigenvalue weighted by atomic mass is 10.0. The van der Waals surface area contributed by atoms with Crippen LogP contribution in [0.25, 0.3) is 31.7 Å². The topological polar surface area (TPSA) is 77.2 Å². The van der Waals surface area contributed by atoms with E-state index >= 15 is 0 Å². The van der Waals surface area contributed by atoms with Crippen molar-refractivity contribution in [3.05, 3.63) is 68.7 Å². The van der Waals surface area contributed by atoms with Crippen LogP contribution in [0.15, 0.2) is 46.8 Å². The number of halogens is 1. The van der Waals surface area contributed by atoms with Gasteiger partial charge in [-0.2, -0.15) is 0 Å². The molecule has 0 unspecified atom stereocenters. The molecule has 5 aromatic rings. The maximum Gasteiger partial charge on any atom is 0.263 e. The fraction of sp³-hybridized carbons (Fsp3) is 0.208. The largest absolute Gasteiger partial charge is 0.504 e. The standard InChI is InChI=1S/C24H18FN3O3S2/c1-31-13-4-5-15(17(8-13)12-2-3-12)22-27-23-19(16-6-7-18(25)20(29)21(16)33-23)24(30)28(22)10-14-9-26-11-32-14/h4-9,11-12,29H,2-3,10H2,1H3. The van der Waals surface area contributed by atoms with E-state index < -0.39 is 11.6 Å². The van der Waals surface area contributed by atoms with Crippen molar-refractivity contribution < 1.29 is 14.2 Å². The molecular formula is C24H18FN3O3S2. The monoisotopic (exact) mass is 479 g/mol. The van der Waals surface area contributed by atoms with Crippen molar-refractivity contribution in [1.82, 2.24) is 14.5 Å². The van der Waals surface area contributed by atoms with E-state index in [0.29, 0.717) is 38.6 Å². The van der Waals surface area contributed by atoms with Crippen LogP contribution in [-0.2, 0) is 6.54 Å². The van der Waals surface area contributed by atoms with Gasteiger partial charge in [-0.1, -0.05) is 0 Å². The van der Waals surface area contributed by atoms with Crippen molar-refractivity contribution in [1.29, 1.82) is 0 Å². The predicted molar refractivity (Wildman–Crippen MR) is 128 cm³/mol. The van der Waals surface area contributed by atoms with Crippen LogP contribution in [-0.4, -0.2) is 26.8 Å². The molecular weight excluding hydrogens is 461 g/mol. The Kier molecular flexibility index (Phi) is 4.70. The maximum atomic E-state index is 14.0. The van der Waals surface area contributed by atoms with Gasteiger partial charge in [-0.05, 0) is 54.7 Å². The highest BCUT2D eigenvalue weighted by atomic mass is 32.1. The average Bonchev–Trinajstić information content (AvgIpc) is 3.41. The highest BCUT2D eigenvalue weighted by Gasteiger charge is 2.29. The zero-order chi connectivity index (χ0) is 22.7. The molecule has 1 fully saturated rings. The van der Waals surface area contributed by atoms with Crippen LogP contribution in [0.3, 0.4) is 0 Å². The summed E-state index contributed by atoms with van der Waals surface area (Å²) in [5.41, 5.74) is 3.50. The molecule has 0 bridgehead atoms. The Labute approximate surface area is 195 Å². The highest BCUT2D eigenvalue weighted by Crippen LogP contribution is 2.46. The third-order valence-electron chi connectivity index (χ3n) is 6.00. The molecule has 0 atom stereocenters. The molecule has 9 heteroatoms. The molecule has 0 aliphatic heterocycles. The predicted octanol–water partition coefficient (Wildman–Crippen LogP) is 5.51. The first-order valence-corrected chi connectivity index (χ1v) is 12.1. The Morgan fingerprint density at radius 1 is 1.27 bits per heavy atom. The summed E-state index contributed by atoms with van der Waals surface area (Å²) in [5.74, 6) is 0.552. The first kappa shape index (κ1) is 20.3. The summed E-state index contributed by atoms with van der Waals surface area (Å²) in [6, 6.07) is 8.56. The van der Waals surface area contributed by atoms with E-state index in [0.717, 1.165) is 45.9 Å². The summed E-state index contributed by atoms with van der Waals surface area (Å²) in [7, 11) is 1.64. The van der Waals surface area contributed by atoms with Gasteiger partial charge in [0.05, 0.1) is 29.3 Å². The van der Waals surface area contributed by atoms with Gasteiger partial charge in [0.2, 0.25) is 0 Å². The van der Waals surface area contributed by atoms with Crippen molar-refractivity contribution in [3.63, 3.8) is 0 Å². The van der Waals surface area contributed by atoms with E-state index in [2.05, 4.69) is 4.98 Å². The van der Waals surface area contributed by atoms with Gasteiger partial charge in [-0.15, -0.1) is 22.7 Å². The van der Waals surface area contributed by atoms with Crippen LogP contribution in [0.5, 0.6) is 11.5 Å². The summed E-state index contributed by atoms with van der Waals surface area (Å²) < 4.78 is 21.4. The molecule has 6 nitrogen and oxygen atoms in total. The molecule has 2 aromatic carbocycles. The molecule has 166 valence electrons. The fourth-order valence-corrected chi connectivity index (χ4v) is 5.90. The number of methoxy groups -OCH3 is 1. The number of thiazole rings is 1. The van der Waals surface area contributed by atoms with Crippen LogP contribution in [0.1, 0.15) is 29.2 Å². The number of rotatable bonds is 5. The molecule has 0 spiro atoms. The molecule has 3 aromatic heterocycles. The van der Waals surface area contributed by atoms with Crippen LogP contribution in [0.4, 0.5) is 4.39 Å². The van der Waals surface area contributed by atoms with Gasteiger partial charge < -0.3 is 9.84 Å². The minimum absolute atomic E-state index is 0.224. The Bertz CT molecular complexity index is 1590. The minimum Gasteiger partial charge on any atom is -0.504 e. The first-order valence-electron chi connectivity index (χ1n) is 10.5. The average molecular weight is 480 g/mol. The Balaban J connectivity index is 1.68. The number of hydrogen-bond acceptors (Lipinski definition) is 7. The maximum absolute atomic E-state index is 14.0. The number of thiophene rings is 1. The molecule has 33 heavy (non-hydrogen) atoms. The van der Waals surface area contributed by atoms with E-state index in [9.17, 15) is 14.3 Å². The smallest absolute Gasteiger partial charge is 0.263 e. The van der Waals surface area contributed by atoms with Crippen LogP contribution in [0.2, 0.25) is 0 Å². The molecule has 1 aliphatic rings. The number of nitrogens with zero attached hydrogens (tertiary/aromatic N) is 3. The Hall–Kier alpha value is -3.30. The Morgan fingerprint density at radius 3 is 2.85 bits per heavy atom. The number of fused-ring (bicyclic) bond motifs is 3. The number of phenols is 1. The fourth-order valence-electron chi connectivity index (χ4n) is 4.22. The van der Waals surface area contributed by atoms with E-state index in [1.807, 2.05) is 18.2 Å². The number of aromatic nitrogens is 3. The zero-order valence-electron chi connectivity index (χ0n) is 17.5. The first-order chi connectivity index (χ1) is 16.0. The van der Waals surface area contributed by atoms with Crippen molar-refractivity contribution in [2.45, 2.75) is 25.3 Å². The lowest BCUT2D eigenvalue weighted by Gasteiger charge is -2.16. The number of aromatic hydroxyl groups is 1. The van der Waals surface area contributed by atoms with Crippen molar-refractivity contribution in [3.8, 4) is 22.9 Å². The third-order valence-corrected chi connectivity index (χ3v) is 7.87. The summed E-state index contributed by atoms with van der Waals surface area (Å²) in [4.78, 5) is 24.3. The van der Waals surface area contributed by atoms with Gasteiger partial charge in [-0.3, -0.25) is 14.3 Å². The van der Waals surface area contributed by atoms with Gasteiger partial charge in [0.1, 0.15) is 16.4 Å². The summed E-state index contributed by atoms with van der Waals surface area (Å²) in [6.07, 6.45) is 3.91. The third kappa shape index (κ3) is 3.30. The van der Waals surface area contributed by atoms with Gasteiger partial charge in [0, 0.05) is 22.0 Å². The molecule has 1 saturated carbocycles. The van der Waals surface area contributed by atoms with E-state index in [1.165, 1.54) is 23.5 Å². The van der Waals surface area contributed by atoms with Crippen molar-refractivity contribution in [2.24, 2.45) is 0 Å². The summed E-state index contributed by atoms with van der Waals surface area (Å²) >= 11 is 2.60. The van der Waals surface area contributed by atoms with Gasteiger partial charge in [-0.25, -0.2) is 9.37 Å². The van der Waals surface area contributed by atoms with E-state index in [-0.39, 0.29) is 5.56 Å².